The van der Waals surface area contributed by atoms with Crippen molar-refractivity contribution >= 4 is 34.9 Å². The number of benzene rings is 2. The van der Waals surface area contributed by atoms with Crippen LogP contribution in [-0.2, 0) is 24.5 Å². The molecule has 0 N–H and O–H groups in total. The molecule has 3 saturated heterocycles. The second-order valence-electron chi connectivity index (χ2n) is 12.3. The highest BCUT2D eigenvalue weighted by molar-refractivity contribution is 6.31. The van der Waals surface area contributed by atoms with Gasteiger partial charge in [0, 0.05) is 28.3 Å². The molecule has 0 aliphatic carbocycles. The number of hydrogen-bond acceptors (Lipinski definition) is 5. The van der Waals surface area contributed by atoms with Crippen molar-refractivity contribution in [2.75, 3.05) is 6.61 Å². The highest BCUT2D eigenvalue weighted by atomic mass is 35.5. The van der Waals surface area contributed by atoms with Crippen molar-refractivity contribution in [2.45, 2.75) is 88.7 Å². The van der Waals surface area contributed by atoms with Crippen molar-refractivity contribution in [1.29, 1.82) is 5.26 Å². The van der Waals surface area contributed by atoms with Crippen molar-refractivity contribution < 1.29 is 27.8 Å². The molecule has 0 saturated carbocycles. The smallest absolute Gasteiger partial charge is 0.229 e. The molecule has 10 heteroatoms. The number of Topliss-reactive ketones (excluding diaryl/α,β-unsaturated/α-hetero) is 1. The van der Waals surface area contributed by atoms with Crippen LogP contribution in [0.25, 0.3) is 0 Å². The third-order valence-electron chi connectivity index (χ3n) is 8.71. The molecule has 1 amide bonds. The van der Waals surface area contributed by atoms with Gasteiger partial charge in [-0.2, -0.15) is 5.26 Å². The zero-order valence-corrected chi connectivity index (χ0v) is 24.9. The molecule has 41 heavy (non-hydrogen) atoms. The summed E-state index contributed by atoms with van der Waals surface area (Å²) < 4.78 is 43.0. The van der Waals surface area contributed by atoms with Crippen LogP contribution < -0.4 is 0 Å². The predicted octanol–water partition coefficient (Wildman–Crippen LogP) is 6.72. The minimum Gasteiger partial charge on any atom is -0.348 e. The molecular weight excluding hydrogens is 573 g/mol. The summed E-state index contributed by atoms with van der Waals surface area (Å²) in [4.78, 5) is 29.4. The Kier molecular flexibility index (Phi) is 7.74. The van der Waals surface area contributed by atoms with E-state index in [1.165, 1.54) is 35.2 Å². The lowest BCUT2D eigenvalue weighted by Crippen LogP contribution is -2.44. The minimum absolute atomic E-state index is 0.0129. The summed E-state index contributed by atoms with van der Waals surface area (Å²) >= 11 is 12.2. The van der Waals surface area contributed by atoms with Crippen LogP contribution in [-0.4, -0.2) is 47.2 Å². The van der Waals surface area contributed by atoms with Crippen LogP contribution in [0.1, 0.15) is 70.4 Å². The monoisotopic (exact) mass is 604 g/mol. The van der Waals surface area contributed by atoms with E-state index in [9.17, 15) is 14.9 Å². The summed E-state index contributed by atoms with van der Waals surface area (Å²) in [7, 11) is 0. The number of carbonyl (C=O) groups excluding carboxylic acids is 2. The fourth-order valence-electron chi connectivity index (χ4n) is 6.93. The Labute approximate surface area is 248 Å². The van der Waals surface area contributed by atoms with Gasteiger partial charge in [-0.1, -0.05) is 55.2 Å². The van der Waals surface area contributed by atoms with Gasteiger partial charge in [0.2, 0.25) is 5.91 Å². The van der Waals surface area contributed by atoms with Crippen LogP contribution in [0, 0.1) is 28.4 Å². The lowest BCUT2D eigenvalue weighted by Gasteiger charge is -2.35. The standard InChI is InChI=1S/C31H32Cl2F2N2O4/c1-29(2)14-24-31(16-36,20-12-11-17(32)13-22(20)34)25(19-8-6-9-21(33)26(19)35)27(37(24)28(29)39)23(38)10-5-7-18-15-40-30(3,4)41-18/h6,8-9,11-13,18,24-25,27H,5,7,10,14-15H2,1-4H3/t18-,24-,25-,27-,31-/m0/s1. The first-order chi connectivity index (χ1) is 19.2. The number of amides is 1. The fraction of sp³-hybridized carbons (Fsp3) is 0.516. The Morgan fingerprint density at radius 2 is 1.90 bits per heavy atom. The molecule has 6 nitrogen and oxygen atoms in total. The molecule has 3 aliphatic heterocycles. The Hall–Kier alpha value is -2.57. The van der Waals surface area contributed by atoms with E-state index >= 15 is 8.78 Å². The number of rotatable bonds is 7. The number of ether oxygens (including phenoxy) is 2. The van der Waals surface area contributed by atoms with E-state index in [1.807, 2.05) is 13.8 Å². The molecule has 3 fully saturated rings. The van der Waals surface area contributed by atoms with Crippen LogP contribution >= 0.6 is 23.2 Å². The number of ketones is 1. The number of fused-ring (bicyclic) bond motifs is 1. The maximum atomic E-state index is 15.8. The first kappa shape index (κ1) is 29.9. The molecule has 218 valence electrons. The number of nitrogens with zero attached hydrogens (tertiary/aromatic N) is 2. The lowest BCUT2D eigenvalue weighted by atomic mass is 9.62. The first-order valence-electron chi connectivity index (χ1n) is 13.7. The van der Waals surface area contributed by atoms with Crippen molar-refractivity contribution in [3.05, 3.63) is 69.2 Å². The second kappa shape index (κ2) is 10.6. The van der Waals surface area contributed by atoms with E-state index in [0.29, 0.717) is 19.4 Å². The highest BCUT2D eigenvalue weighted by Gasteiger charge is 2.70. The van der Waals surface area contributed by atoms with Crippen molar-refractivity contribution in [1.82, 2.24) is 4.90 Å². The van der Waals surface area contributed by atoms with Gasteiger partial charge in [-0.3, -0.25) is 9.59 Å². The number of hydrogen-bond donors (Lipinski definition) is 0. The third-order valence-corrected chi connectivity index (χ3v) is 9.24. The molecule has 3 heterocycles. The van der Waals surface area contributed by atoms with Crippen LogP contribution in [0.5, 0.6) is 0 Å². The Morgan fingerprint density at radius 3 is 2.54 bits per heavy atom. The van der Waals surface area contributed by atoms with Crippen molar-refractivity contribution in [2.24, 2.45) is 5.41 Å². The molecule has 0 radical (unpaired) electrons. The van der Waals surface area contributed by atoms with E-state index in [1.54, 1.807) is 13.8 Å². The quantitative estimate of drug-likeness (QED) is 0.350. The summed E-state index contributed by atoms with van der Waals surface area (Å²) in [5.74, 6) is -4.17. The van der Waals surface area contributed by atoms with Crippen LogP contribution in [0.2, 0.25) is 10.0 Å². The first-order valence-corrected chi connectivity index (χ1v) is 14.5. The van der Waals surface area contributed by atoms with Gasteiger partial charge in [0.25, 0.3) is 0 Å². The molecule has 2 aromatic rings. The van der Waals surface area contributed by atoms with Crippen molar-refractivity contribution in [3.63, 3.8) is 0 Å². The summed E-state index contributed by atoms with van der Waals surface area (Å²) in [5.41, 5.74) is -2.77. The molecule has 0 aromatic heterocycles. The molecule has 0 unspecified atom stereocenters. The summed E-state index contributed by atoms with van der Waals surface area (Å²) in [5, 5.41) is 10.9. The van der Waals surface area contributed by atoms with E-state index in [4.69, 9.17) is 32.7 Å². The second-order valence-corrected chi connectivity index (χ2v) is 13.1. The highest BCUT2D eigenvalue weighted by Crippen LogP contribution is 2.60. The average Bonchev–Trinajstić information content (AvgIpc) is 3.47. The minimum atomic E-state index is -1.80. The van der Waals surface area contributed by atoms with Gasteiger partial charge in [-0.25, -0.2) is 8.78 Å². The number of carbonyl (C=O) groups is 2. The molecule has 3 aliphatic rings. The lowest BCUT2D eigenvalue weighted by molar-refractivity contribution is -0.141. The third kappa shape index (κ3) is 4.95. The Balaban J connectivity index is 1.63. The number of halogens is 4. The van der Waals surface area contributed by atoms with Crippen LogP contribution in [0.3, 0.4) is 0 Å². The molecule has 5 rings (SSSR count). The van der Waals surface area contributed by atoms with Gasteiger partial charge in [0.1, 0.15) is 17.0 Å². The fourth-order valence-corrected chi connectivity index (χ4v) is 7.27. The molecule has 0 bridgehead atoms. The predicted molar refractivity (Wildman–Crippen MR) is 149 cm³/mol. The molecular formula is C31H32Cl2F2N2O4. The van der Waals surface area contributed by atoms with E-state index < -0.39 is 46.3 Å². The van der Waals surface area contributed by atoms with Crippen LogP contribution in [0.15, 0.2) is 36.4 Å². The van der Waals surface area contributed by atoms with Crippen molar-refractivity contribution in [3.8, 4) is 6.07 Å². The molecule has 0 spiro atoms. The zero-order chi connectivity index (χ0) is 29.9. The Bertz CT molecular complexity index is 1440. The molecule has 5 atom stereocenters. The van der Waals surface area contributed by atoms with Gasteiger partial charge >= 0.3 is 0 Å². The van der Waals surface area contributed by atoms with E-state index in [2.05, 4.69) is 6.07 Å². The van der Waals surface area contributed by atoms with Gasteiger partial charge in [0.05, 0.1) is 35.9 Å². The molecule has 2 aromatic carbocycles. The SMILES string of the molecule is CC1(C)OC[C@H](CCCC(=O)[C@H]2[C@H](c3cccc(Cl)c3F)[C@@](C#N)(c3ccc(Cl)cc3F)[C@@H]3CC(C)(C)C(=O)N32)O1. The summed E-state index contributed by atoms with van der Waals surface area (Å²) in [6.45, 7) is 7.51. The normalized spacial score (nSPS) is 29.9. The zero-order valence-electron chi connectivity index (χ0n) is 23.3. The summed E-state index contributed by atoms with van der Waals surface area (Å²) in [6.07, 6.45) is 0.993. The Morgan fingerprint density at radius 1 is 1.17 bits per heavy atom. The van der Waals surface area contributed by atoms with E-state index in [0.717, 1.165) is 6.07 Å². The largest absolute Gasteiger partial charge is 0.348 e. The maximum absolute atomic E-state index is 15.8. The summed E-state index contributed by atoms with van der Waals surface area (Å²) in [6, 6.07) is 8.48. The van der Waals surface area contributed by atoms with Gasteiger partial charge in [-0.05, 0) is 56.9 Å². The number of nitriles is 1. The topological polar surface area (TPSA) is 79.6 Å². The average molecular weight is 606 g/mol. The van der Waals surface area contributed by atoms with Crippen LogP contribution in [0.4, 0.5) is 8.78 Å². The van der Waals surface area contributed by atoms with Gasteiger partial charge in [-0.15, -0.1) is 0 Å². The van der Waals surface area contributed by atoms with Gasteiger partial charge in [0.15, 0.2) is 11.6 Å². The van der Waals surface area contributed by atoms with Gasteiger partial charge < -0.3 is 14.4 Å². The van der Waals surface area contributed by atoms with E-state index in [-0.39, 0.29) is 51.8 Å². The maximum Gasteiger partial charge on any atom is 0.229 e.